The number of carbonyl (C=O) groups excluding carboxylic acids is 1. The Morgan fingerprint density at radius 3 is 3.11 bits per heavy atom. The standard InChI is InChI=1S/C13H18N4O/c1-8-5-16-13(18)11-7-15-12(4-10(8)11)17-9-2-3-14-6-9/h4,7-9,14H,2-3,5-6H2,1H3,(H,15,17)(H,16,18)/t8?,9-/m1/s1. The Morgan fingerprint density at radius 1 is 1.44 bits per heavy atom. The summed E-state index contributed by atoms with van der Waals surface area (Å²) in [5.41, 5.74) is 1.81. The van der Waals surface area contributed by atoms with Crippen LogP contribution < -0.4 is 16.0 Å². The summed E-state index contributed by atoms with van der Waals surface area (Å²) in [6.07, 6.45) is 2.81. The zero-order valence-electron chi connectivity index (χ0n) is 10.5. The first-order chi connectivity index (χ1) is 8.74. The molecule has 18 heavy (non-hydrogen) atoms. The lowest BCUT2D eigenvalue weighted by molar-refractivity contribution is 0.0941. The molecule has 96 valence electrons. The van der Waals surface area contributed by atoms with Gasteiger partial charge in [0.2, 0.25) is 0 Å². The smallest absolute Gasteiger partial charge is 0.253 e. The summed E-state index contributed by atoms with van der Waals surface area (Å²) in [6, 6.07) is 2.47. The van der Waals surface area contributed by atoms with E-state index in [1.165, 1.54) is 0 Å². The molecule has 3 heterocycles. The Labute approximate surface area is 106 Å². The van der Waals surface area contributed by atoms with Crippen LogP contribution in [0, 0.1) is 0 Å². The van der Waals surface area contributed by atoms with Crippen LogP contribution in [0.5, 0.6) is 0 Å². The minimum absolute atomic E-state index is 0.00955. The fourth-order valence-electron chi connectivity index (χ4n) is 2.59. The van der Waals surface area contributed by atoms with Gasteiger partial charge in [-0.25, -0.2) is 4.98 Å². The van der Waals surface area contributed by atoms with Crippen molar-refractivity contribution in [1.29, 1.82) is 0 Å². The molecule has 1 fully saturated rings. The van der Waals surface area contributed by atoms with Crippen molar-refractivity contribution in [1.82, 2.24) is 15.6 Å². The molecule has 2 atom stereocenters. The topological polar surface area (TPSA) is 66.0 Å². The molecule has 0 aromatic carbocycles. The summed E-state index contributed by atoms with van der Waals surface area (Å²) >= 11 is 0. The summed E-state index contributed by atoms with van der Waals surface area (Å²) in [7, 11) is 0. The van der Waals surface area contributed by atoms with Gasteiger partial charge in [-0.15, -0.1) is 0 Å². The van der Waals surface area contributed by atoms with E-state index in [1.54, 1.807) is 6.20 Å². The van der Waals surface area contributed by atoms with Crippen LogP contribution in [0.1, 0.15) is 35.2 Å². The number of pyridine rings is 1. The molecular weight excluding hydrogens is 228 g/mol. The van der Waals surface area contributed by atoms with Crippen molar-refractivity contribution in [3.05, 3.63) is 23.4 Å². The molecule has 0 saturated carbocycles. The van der Waals surface area contributed by atoms with Crippen molar-refractivity contribution in [2.75, 3.05) is 25.0 Å². The minimum Gasteiger partial charge on any atom is -0.366 e. The van der Waals surface area contributed by atoms with Gasteiger partial charge in [-0.05, 0) is 30.5 Å². The number of rotatable bonds is 2. The second kappa shape index (κ2) is 4.57. The average molecular weight is 246 g/mol. The minimum atomic E-state index is -0.00955. The summed E-state index contributed by atoms with van der Waals surface area (Å²) < 4.78 is 0. The van der Waals surface area contributed by atoms with Crippen LogP contribution in [0.4, 0.5) is 5.82 Å². The number of fused-ring (bicyclic) bond motifs is 1. The second-order valence-electron chi connectivity index (χ2n) is 5.10. The van der Waals surface area contributed by atoms with Gasteiger partial charge in [0.05, 0.1) is 5.56 Å². The fraction of sp³-hybridized carbons (Fsp3) is 0.538. The first kappa shape index (κ1) is 11.5. The summed E-state index contributed by atoms with van der Waals surface area (Å²) in [5.74, 6) is 1.22. The number of carbonyl (C=O) groups is 1. The zero-order chi connectivity index (χ0) is 12.5. The molecule has 3 rings (SSSR count). The lowest BCUT2D eigenvalue weighted by Gasteiger charge is -2.23. The Hall–Kier alpha value is -1.62. The van der Waals surface area contributed by atoms with E-state index in [0.29, 0.717) is 24.1 Å². The van der Waals surface area contributed by atoms with Crippen molar-refractivity contribution in [3.63, 3.8) is 0 Å². The Balaban J connectivity index is 1.84. The zero-order valence-corrected chi connectivity index (χ0v) is 10.5. The molecular formula is C13H18N4O. The van der Waals surface area contributed by atoms with E-state index in [9.17, 15) is 4.79 Å². The van der Waals surface area contributed by atoms with Crippen molar-refractivity contribution in [2.24, 2.45) is 0 Å². The third-order valence-corrected chi connectivity index (χ3v) is 3.69. The van der Waals surface area contributed by atoms with Crippen molar-refractivity contribution < 1.29 is 4.79 Å². The number of anilines is 1. The maximum absolute atomic E-state index is 11.7. The van der Waals surface area contributed by atoms with Crippen molar-refractivity contribution in [3.8, 4) is 0 Å². The molecule has 5 heteroatoms. The van der Waals surface area contributed by atoms with Gasteiger partial charge in [-0.3, -0.25) is 4.79 Å². The maximum atomic E-state index is 11.7. The average Bonchev–Trinajstić information content (AvgIpc) is 2.87. The number of hydrogen-bond acceptors (Lipinski definition) is 4. The molecule has 0 spiro atoms. The normalized spacial score (nSPS) is 26.6. The van der Waals surface area contributed by atoms with E-state index in [0.717, 1.165) is 30.9 Å². The van der Waals surface area contributed by atoms with Gasteiger partial charge in [0.1, 0.15) is 5.82 Å². The predicted molar refractivity (Wildman–Crippen MR) is 69.9 cm³/mol. The maximum Gasteiger partial charge on any atom is 0.253 e. The summed E-state index contributed by atoms with van der Waals surface area (Å²) in [6.45, 7) is 4.87. The Morgan fingerprint density at radius 2 is 2.33 bits per heavy atom. The van der Waals surface area contributed by atoms with Gasteiger partial charge in [0.15, 0.2) is 0 Å². The van der Waals surface area contributed by atoms with Crippen LogP contribution in [0.25, 0.3) is 0 Å². The Bertz CT molecular complexity index is 468. The third-order valence-electron chi connectivity index (χ3n) is 3.69. The van der Waals surface area contributed by atoms with Gasteiger partial charge < -0.3 is 16.0 Å². The lowest BCUT2D eigenvalue weighted by atomic mass is 9.93. The van der Waals surface area contributed by atoms with Crippen LogP contribution >= 0.6 is 0 Å². The number of aromatic nitrogens is 1. The monoisotopic (exact) mass is 246 g/mol. The highest BCUT2D eigenvalue weighted by atomic mass is 16.1. The molecule has 5 nitrogen and oxygen atoms in total. The van der Waals surface area contributed by atoms with Crippen LogP contribution in [-0.4, -0.2) is 36.6 Å². The fourth-order valence-corrected chi connectivity index (χ4v) is 2.59. The SMILES string of the molecule is CC1CNC(=O)c2cnc(N[C@@H]3CCNC3)cc21. The van der Waals surface area contributed by atoms with E-state index < -0.39 is 0 Å². The molecule has 1 aromatic rings. The Kier molecular flexibility index (Phi) is 2.91. The van der Waals surface area contributed by atoms with E-state index in [4.69, 9.17) is 0 Å². The van der Waals surface area contributed by atoms with E-state index in [1.807, 2.05) is 6.07 Å². The molecule has 0 aliphatic carbocycles. The van der Waals surface area contributed by atoms with Crippen LogP contribution in [0.2, 0.25) is 0 Å². The number of amides is 1. The van der Waals surface area contributed by atoms with Gasteiger partial charge in [0.25, 0.3) is 5.91 Å². The lowest BCUT2D eigenvalue weighted by Crippen LogP contribution is -2.34. The number of hydrogen-bond donors (Lipinski definition) is 3. The molecule has 1 amide bonds. The van der Waals surface area contributed by atoms with E-state index in [2.05, 4.69) is 27.9 Å². The predicted octanol–water partition coefficient (Wildman–Crippen LogP) is 0.702. The quantitative estimate of drug-likeness (QED) is 0.719. The molecule has 1 aromatic heterocycles. The van der Waals surface area contributed by atoms with Gasteiger partial charge in [-0.2, -0.15) is 0 Å². The highest BCUT2D eigenvalue weighted by molar-refractivity contribution is 5.97. The molecule has 2 aliphatic heterocycles. The molecule has 0 radical (unpaired) electrons. The molecule has 1 unspecified atom stereocenters. The van der Waals surface area contributed by atoms with Crippen molar-refractivity contribution >= 4 is 11.7 Å². The van der Waals surface area contributed by atoms with Gasteiger partial charge in [-0.1, -0.05) is 6.92 Å². The van der Waals surface area contributed by atoms with Crippen LogP contribution in [0.15, 0.2) is 12.3 Å². The molecule has 3 N–H and O–H groups in total. The highest BCUT2D eigenvalue weighted by Gasteiger charge is 2.23. The first-order valence-corrected chi connectivity index (χ1v) is 6.49. The van der Waals surface area contributed by atoms with Crippen molar-refractivity contribution in [2.45, 2.75) is 25.3 Å². The summed E-state index contributed by atoms with van der Waals surface area (Å²) in [4.78, 5) is 16.0. The number of nitrogens with one attached hydrogen (secondary N) is 3. The van der Waals surface area contributed by atoms with Gasteiger partial charge >= 0.3 is 0 Å². The molecule has 1 saturated heterocycles. The molecule has 0 bridgehead atoms. The third kappa shape index (κ3) is 2.06. The van der Waals surface area contributed by atoms with E-state index in [-0.39, 0.29) is 5.91 Å². The molecule has 2 aliphatic rings. The van der Waals surface area contributed by atoms with E-state index >= 15 is 0 Å². The second-order valence-corrected chi connectivity index (χ2v) is 5.10. The summed E-state index contributed by atoms with van der Waals surface area (Å²) in [5, 5.41) is 9.61. The first-order valence-electron chi connectivity index (χ1n) is 6.49. The van der Waals surface area contributed by atoms with Gasteiger partial charge in [0, 0.05) is 25.3 Å². The number of nitrogens with zero attached hydrogens (tertiary/aromatic N) is 1. The van der Waals surface area contributed by atoms with Crippen LogP contribution in [-0.2, 0) is 0 Å². The largest absolute Gasteiger partial charge is 0.366 e. The van der Waals surface area contributed by atoms with Crippen LogP contribution in [0.3, 0.4) is 0 Å². The highest BCUT2D eigenvalue weighted by Crippen LogP contribution is 2.25.